The standard InChI is InChI=1S/C18H28N4O4S.HI/c1-4-26-17(23)15-6-5-11-22(13-15)18(19-2)21-12-14-7-9-16(10-8-14)27(24,25)20-3;/h7-10,15,20H,4-6,11-13H2,1-3H3,(H,19,21);1H. The molecule has 1 aliphatic heterocycles. The highest BCUT2D eigenvalue weighted by Gasteiger charge is 2.28. The molecule has 28 heavy (non-hydrogen) atoms. The summed E-state index contributed by atoms with van der Waals surface area (Å²) >= 11 is 0. The minimum absolute atomic E-state index is 0. The first kappa shape index (κ1) is 24.6. The monoisotopic (exact) mass is 524 g/mol. The molecule has 158 valence electrons. The van der Waals surface area contributed by atoms with Gasteiger partial charge in [0, 0.05) is 26.7 Å². The minimum atomic E-state index is -3.43. The molecule has 0 spiro atoms. The predicted molar refractivity (Wildman–Crippen MR) is 119 cm³/mol. The van der Waals surface area contributed by atoms with Gasteiger partial charge in [0.2, 0.25) is 10.0 Å². The SMILES string of the molecule is CCOC(=O)C1CCCN(C(=NC)NCc2ccc(S(=O)(=O)NC)cc2)C1.I. The third-order valence-corrected chi connectivity index (χ3v) is 5.94. The van der Waals surface area contributed by atoms with Crippen LogP contribution in [0.2, 0.25) is 0 Å². The molecule has 0 aliphatic carbocycles. The van der Waals surface area contributed by atoms with Crippen molar-refractivity contribution in [3.63, 3.8) is 0 Å². The average Bonchev–Trinajstić information content (AvgIpc) is 2.69. The number of nitrogens with zero attached hydrogens (tertiary/aromatic N) is 2. The Balaban J connectivity index is 0.00000392. The number of ether oxygens (including phenoxy) is 1. The van der Waals surface area contributed by atoms with Crippen LogP contribution in [0, 0.1) is 5.92 Å². The lowest BCUT2D eigenvalue weighted by Crippen LogP contribution is -2.48. The van der Waals surface area contributed by atoms with Crippen molar-refractivity contribution >= 4 is 45.9 Å². The highest BCUT2D eigenvalue weighted by molar-refractivity contribution is 14.0. The van der Waals surface area contributed by atoms with Gasteiger partial charge < -0.3 is 15.0 Å². The number of rotatable bonds is 6. The fourth-order valence-corrected chi connectivity index (χ4v) is 3.77. The number of carbonyl (C=O) groups is 1. The largest absolute Gasteiger partial charge is 0.466 e. The molecule has 1 aromatic rings. The van der Waals surface area contributed by atoms with Crippen molar-refractivity contribution in [2.75, 3.05) is 33.8 Å². The van der Waals surface area contributed by atoms with E-state index in [1.165, 1.54) is 7.05 Å². The number of hydrogen-bond acceptors (Lipinski definition) is 5. The van der Waals surface area contributed by atoms with Gasteiger partial charge in [-0.2, -0.15) is 0 Å². The van der Waals surface area contributed by atoms with Crippen molar-refractivity contribution < 1.29 is 17.9 Å². The van der Waals surface area contributed by atoms with Crippen molar-refractivity contribution in [3.05, 3.63) is 29.8 Å². The van der Waals surface area contributed by atoms with Crippen LogP contribution in [0.5, 0.6) is 0 Å². The number of guanidine groups is 1. The van der Waals surface area contributed by atoms with E-state index in [0.717, 1.165) is 30.9 Å². The Hall–Kier alpha value is -1.40. The van der Waals surface area contributed by atoms with E-state index in [4.69, 9.17) is 4.74 Å². The van der Waals surface area contributed by atoms with E-state index in [-0.39, 0.29) is 40.8 Å². The molecule has 10 heteroatoms. The van der Waals surface area contributed by atoms with E-state index in [0.29, 0.717) is 19.7 Å². The maximum absolute atomic E-state index is 12.0. The average molecular weight is 524 g/mol. The molecule has 1 saturated heterocycles. The lowest BCUT2D eigenvalue weighted by molar-refractivity contribution is -0.149. The quantitative estimate of drug-likeness (QED) is 0.254. The number of esters is 1. The second kappa shape index (κ2) is 11.6. The Morgan fingerprint density at radius 2 is 2.00 bits per heavy atom. The number of nitrogens with one attached hydrogen (secondary N) is 2. The second-order valence-corrected chi connectivity index (χ2v) is 8.18. The van der Waals surface area contributed by atoms with Gasteiger partial charge in [-0.25, -0.2) is 13.1 Å². The lowest BCUT2D eigenvalue weighted by atomic mass is 9.98. The molecule has 1 aromatic carbocycles. The van der Waals surface area contributed by atoms with Crippen molar-refractivity contribution in [1.82, 2.24) is 14.9 Å². The Bertz CT molecular complexity index is 768. The summed E-state index contributed by atoms with van der Waals surface area (Å²) in [6.07, 6.45) is 1.73. The van der Waals surface area contributed by atoms with Crippen LogP contribution in [0.15, 0.2) is 34.2 Å². The van der Waals surface area contributed by atoms with E-state index < -0.39 is 10.0 Å². The van der Waals surface area contributed by atoms with E-state index in [1.807, 2.05) is 6.92 Å². The van der Waals surface area contributed by atoms with Crippen molar-refractivity contribution in [1.29, 1.82) is 0 Å². The first-order valence-corrected chi connectivity index (χ1v) is 10.5. The molecule has 2 rings (SSSR count). The van der Waals surface area contributed by atoms with Crippen LogP contribution in [0.4, 0.5) is 0 Å². The van der Waals surface area contributed by atoms with E-state index in [9.17, 15) is 13.2 Å². The Morgan fingerprint density at radius 1 is 1.32 bits per heavy atom. The fourth-order valence-electron chi connectivity index (χ4n) is 3.04. The molecule has 1 atom stereocenters. The number of piperidine rings is 1. The molecule has 0 aromatic heterocycles. The number of likely N-dealkylation sites (tertiary alicyclic amines) is 1. The van der Waals surface area contributed by atoms with Crippen molar-refractivity contribution in [3.8, 4) is 0 Å². The molecule has 8 nitrogen and oxygen atoms in total. The topological polar surface area (TPSA) is 100 Å². The van der Waals surface area contributed by atoms with Crippen LogP contribution in [-0.2, 0) is 26.1 Å². The third-order valence-electron chi connectivity index (χ3n) is 4.51. The first-order valence-electron chi connectivity index (χ1n) is 9.06. The van der Waals surface area contributed by atoms with Gasteiger partial charge in [-0.3, -0.25) is 9.79 Å². The number of aliphatic imine (C=N–C) groups is 1. The zero-order chi connectivity index (χ0) is 19.9. The lowest BCUT2D eigenvalue weighted by Gasteiger charge is -2.34. The molecule has 0 amide bonds. The molecule has 1 fully saturated rings. The molecule has 0 saturated carbocycles. The molecule has 0 bridgehead atoms. The van der Waals surface area contributed by atoms with Gasteiger partial charge in [0.1, 0.15) is 0 Å². The molecule has 1 aliphatic rings. The molecule has 2 N–H and O–H groups in total. The molecule has 0 radical (unpaired) electrons. The van der Waals surface area contributed by atoms with Crippen LogP contribution < -0.4 is 10.0 Å². The Kier molecular flexibility index (Phi) is 10.2. The number of sulfonamides is 1. The number of halogens is 1. The predicted octanol–water partition coefficient (Wildman–Crippen LogP) is 1.56. The molecule has 1 unspecified atom stereocenters. The third kappa shape index (κ3) is 6.59. The van der Waals surface area contributed by atoms with Gasteiger partial charge in [-0.1, -0.05) is 12.1 Å². The number of hydrogen-bond donors (Lipinski definition) is 2. The minimum Gasteiger partial charge on any atom is -0.466 e. The Morgan fingerprint density at radius 3 is 2.57 bits per heavy atom. The highest BCUT2D eigenvalue weighted by atomic mass is 127. The molecular formula is C18H29IN4O4S. The van der Waals surface area contributed by atoms with E-state index in [2.05, 4.69) is 19.9 Å². The first-order chi connectivity index (χ1) is 12.9. The van der Waals surface area contributed by atoms with Crippen LogP contribution in [-0.4, -0.2) is 59.0 Å². The molecular weight excluding hydrogens is 495 g/mol. The molecule has 1 heterocycles. The summed E-state index contributed by atoms with van der Waals surface area (Å²) in [6, 6.07) is 6.68. The van der Waals surface area contributed by atoms with E-state index >= 15 is 0 Å². The van der Waals surface area contributed by atoms with Gasteiger partial charge in [0.05, 0.1) is 17.4 Å². The summed E-state index contributed by atoms with van der Waals surface area (Å²) in [5.41, 5.74) is 0.935. The summed E-state index contributed by atoms with van der Waals surface area (Å²) < 4.78 is 31.0. The van der Waals surface area contributed by atoms with Crippen molar-refractivity contribution in [2.24, 2.45) is 10.9 Å². The van der Waals surface area contributed by atoms with Crippen LogP contribution >= 0.6 is 24.0 Å². The van der Waals surface area contributed by atoms with Crippen LogP contribution in [0.1, 0.15) is 25.3 Å². The number of carbonyl (C=O) groups excluding carboxylic acids is 1. The van der Waals surface area contributed by atoms with Gasteiger partial charge in [-0.15, -0.1) is 24.0 Å². The summed E-state index contributed by atoms with van der Waals surface area (Å²) in [6.45, 7) is 4.12. The summed E-state index contributed by atoms with van der Waals surface area (Å²) in [7, 11) is -0.340. The van der Waals surface area contributed by atoms with Crippen LogP contribution in [0.25, 0.3) is 0 Å². The van der Waals surface area contributed by atoms with Gasteiger partial charge in [-0.05, 0) is 44.5 Å². The fraction of sp³-hybridized carbons (Fsp3) is 0.556. The second-order valence-electron chi connectivity index (χ2n) is 6.29. The van der Waals surface area contributed by atoms with Gasteiger partial charge in [0.15, 0.2) is 5.96 Å². The Labute approximate surface area is 184 Å². The van der Waals surface area contributed by atoms with Crippen molar-refractivity contribution in [2.45, 2.75) is 31.2 Å². The van der Waals surface area contributed by atoms with E-state index in [1.54, 1.807) is 31.3 Å². The maximum Gasteiger partial charge on any atom is 0.310 e. The summed E-state index contributed by atoms with van der Waals surface area (Å²) in [5, 5.41) is 3.28. The summed E-state index contributed by atoms with van der Waals surface area (Å²) in [5.74, 6) is 0.429. The highest BCUT2D eigenvalue weighted by Crippen LogP contribution is 2.18. The van der Waals surface area contributed by atoms with Crippen LogP contribution in [0.3, 0.4) is 0 Å². The maximum atomic E-state index is 12.0. The summed E-state index contributed by atoms with van der Waals surface area (Å²) in [4.78, 5) is 18.6. The number of benzene rings is 1. The van der Waals surface area contributed by atoms with Gasteiger partial charge >= 0.3 is 5.97 Å². The smallest absolute Gasteiger partial charge is 0.310 e. The van der Waals surface area contributed by atoms with Gasteiger partial charge in [0.25, 0.3) is 0 Å². The zero-order valence-electron chi connectivity index (χ0n) is 16.5. The normalized spacial score (nSPS) is 17.6. The zero-order valence-corrected chi connectivity index (χ0v) is 19.6.